The van der Waals surface area contributed by atoms with Gasteiger partial charge in [-0.25, -0.2) is 4.68 Å². The van der Waals surface area contributed by atoms with E-state index in [1.807, 2.05) is 38.1 Å². The van der Waals surface area contributed by atoms with E-state index in [9.17, 15) is 9.59 Å². The molecule has 0 saturated heterocycles. The number of nitrogens with zero attached hydrogens (tertiary/aromatic N) is 2. The van der Waals surface area contributed by atoms with Gasteiger partial charge < -0.3 is 10.1 Å². The second-order valence-corrected chi connectivity index (χ2v) is 6.97. The third-order valence-corrected chi connectivity index (χ3v) is 4.33. The Labute approximate surface area is 165 Å². The van der Waals surface area contributed by atoms with E-state index in [1.165, 1.54) is 0 Å². The van der Waals surface area contributed by atoms with Crippen molar-refractivity contribution in [1.29, 1.82) is 0 Å². The fourth-order valence-corrected chi connectivity index (χ4v) is 2.92. The van der Waals surface area contributed by atoms with Gasteiger partial charge in [0.05, 0.1) is 16.9 Å². The highest BCUT2D eigenvalue weighted by Gasteiger charge is 2.12. The van der Waals surface area contributed by atoms with Crippen molar-refractivity contribution < 1.29 is 14.3 Å². The molecule has 0 fully saturated rings. The lowest BCUT2D eigenvalue weighted by Gasteiger charge is -2.11. The highest BCUT2D eigenvalue weighted by atomic mass is 79.9. The number of carbonyl (C=O) groups excluding carboxylic acids is 2. The lowest BCUT2D eigenvalue weighted by Crippen LogP contribution is -2.22. The Bertz CT molecular complexity index is 981. The van der Waals surface area contributed by atoms with Crippen molar-refractivity contribution in [1.82, 2.24) is 9.78 Å². The van der Waals surface area contributed by atoms with Gasteiger partial charge in [-0.15, -0.1) is 0 Å². The summed E-state index contributed by atoms with van der Waals surface area (Å²) in [7, 11) is 0. The van der Waals surface area contributed by atoms with Gasteiger partial charge in [0.25, 0.3) is 5.91 Å². The summed E-state index contributed by atoms with van der Waals surface area (Å²) < 4.78 is 7.92. The van der Waals surface area contributed by atoms with Crippen LogP contribution in [-0.4, -0.2) is 28.6 Å². The van der Waals surface area contributed by atoms with Crippen molar-refractivity contribution in [2.45, 2.75) is 13.8 Å². The lowest BCUT2D eigenvalue weighted by molar-refractivity contribution is -0.118. The first-order valence-corrected chi connectivity index (χ1v) is 9.06. The fraction of sp³-hybridized carbons (Fsp3) is 0.150. The summed E-state index contributed by atoms with van der Waals surface area (Å²) in [5, 5.41) is 7.23. The number of rotatable bonds is 6. The smallest absolute Gasteiger partial charge is 0.263 e. The van der Waals surface area contributed by atoms with E-state index in [2.05, 4.69) is 26.3 Å². The maximum absolute atomic E-state index is 12.3. The third-order valence-electron chi connectivity index (χ3n) is 3.84. The molecule has 3 rings (SSSR count). The summed E-state index contributed by atoms with van der Waals surface area (Å²) in [4.78, 5) is 23.5. The summed E-state index contributed by atoms with van der Waals surface area (Å²) in [5.41, 5.74) is 3.14. The maximum Gasteiger partial charge on any atom is 0.263 e. The molecule has 0 atom stereocenters. The van der Waals surface area contributed by atoms with E-state index >= 15 is 0 Å². The Morgan fingerprint density at radius 2 is 1.93 bits per heavy atom. The highest BCUT2D eigenvalue weighted by Crippen LogP contribution is 2.22. The number of aldehydes is 1. The Morgan fingerprint density at radius 3 is 2.63 bits per heavy atom. The zero-order valence-electron chi connectivity index (χ0n) is 14.9. The summed E-state index contributed by atoms with van der Waals surface area (Å²) in [6.45, 7) is 3.64. The van der Waals surface area contributed by atoms with E-state index < -0.39 is 0 Å². The van der Waals surface area contributed by atoms with Gasteiger partial charge in [-0.3, -0.25) is 9.59 Å². The molecule has 3 aromatic rings. The van der Waals surface area contributed by atoms with Crippen LogP contribution in [0.3, 0.4) is 0 Å². The number of nitrogens with one attached hydrogen (secondary N) is 1. The van der Waals surface area contributed by atoms with Crippen LogP contribution in [0.5, 0.6) is 5.75 Å². The molecule has 0 spiro atoms. The van der Waals surface area contributed by atoms with Gasteiger partial charge in [0.1, 0.15) is 11.6 Å². The maximum atomic E-state index is 12.3. The quantitative estimate of drug-likeness (QED) is 0.601. The van der Waals surface area contributed by atoms with Crippen LogP contribution in [0.15, 0.2) is 53.0 Å². The minimum Gasteiger partial charge on any atom is -0.483 e. The summed E-state index contributed by atoms with van der Waals surface area (Å²) in [6, 6.07) is 14.6. The molecule has 1 aromatic heterocycles. The molecular formula is C20H18BrN3O3. The molecule has 27 heavy (non-hydrogen) atoms. The van der Waals surface area contributed by atoms with E-state index in [0.717, 1.165) is 21.4 Å². The van der Waals surface area contributed by atoms with E-state index in [-0.39, 0.29) is 12.5 Å². The summed E-state index contributed by atoms with van der Waals surface area (Å²) in [6.07, 6.45) is 0.688. The van der Waals surface area contributed by atoms with Crippen LogP contribution in [0.1, 0.15) is 21.6 Å². The van der Waals surface area contributed by atoms with Gasteiger partial charge in [0.2, 0.25) is 0 Å². The first-order chi connectivity index (χ1) is 13.0. The van der Waals surface area contributed by atoms with Crippen LogP contribution in [-0.2, 0) is 4.79 Å². The number of benzene rings is 2. The Kier molecular flexibility index (Phi) is 5.71. The fourth-order valence-electron chi connectivity index (χ4n) is 2.54. The van der Waals surface area contributed by atoms with Gasteiger partial charge in [-0.2, -0.15) is 5.10 Å². The van der Waals surface area contributed by atoms with Crippen LogP contribution < -0.4 is 10.1 Å². The zero-order valence-corrected chi connectivity index (χ0v) is 16.5. The standard InChI is InChI=1S/C20H18BrN3O3/c1-13-3-6-17(7-4-13)24-19(9-14(2)23-24)22-20(26)12-27-18-8-5-16(21)10-15(18)11-25/h3-11H,12H2,1-2H3,(H,22,26). The monoisotopic (exact) mass is 427 g/mol. The average Bonchev–Trinajstić information content (AvgIpc) is 3.01. The highest BCUT2D eigenvalue weighted by molar-refractivity contribution is 9.10. The number of ether oxygens (including phenoxy) is 1. The predicted octanol–water partition coefficient (Wildman–Crippen LogP) is 4.08. The molecule has 6 nitrogen and oxygen atoms in total. The van der Waals surface area contributed by atoms with Gasteiger partial charge in [0.15, 0.2) is 12.9 Å². The molecule has 0 aliphatic carbocycles. The number of halogens is 1. The molecule has 0 unspecified atom stereocenters. The molecule has 1 N–H and O–H groups in total. The topological polar surface area (TPSA) is 73.2 Å². The Morgan fingerprint density at radius 1 is 1.19 bits per heavy atom. The molecular weight excluding hydrogens is 410 g/mol. The predicted molar refractivity (Wildman–Crippen MR) is 107 cm³/mol. The van der Waals surface area contributed by atoms with Crippen LogP contribution in [0.2, 0.25) is 0 Å². The SMILES string of the molecule is Cc1ccc(-n2nc(C)cc2NC(=O)COc2ccc(Br)cc2C=O)cc1. The lowest BCUT2D eigenvalue weighted by atomic mass is 10.2. The van der Waals surface area contributed by atoms with Gasteiger partial charge in [-0.1, -0.05) is 33.6 Å². The van der Waals surface area contributed by atoms with Crippen LogP contribution >= 0.6 is 15.9 Å². The molecule has 0 aliphatic rings. The Balaban J connectivity index is 1.72. The molecule has 138 valence electrons. The van der Waals surface area contributed by atoms with E-state index in [0.29, 0.717) is 23.4 Å². The number of anilines is 1. The minimum absolute atomic E-state index is 0.222. The number of hydrogen-bond donors (Lipinski definition) is 1. The van der Waals surface area contributed by atoms with Gasteiger partial charge in [-0.05, 0) is 44.2 Å². The number of hydrogen-bond acceptors (Lipinski definition) is 4. The Hall–Kier alpha value is -2.93. The van der Waals surface area contributed by atoms with Crippen molar-refractivity contribution in [3.05, 3.63) is 69.8 Å². The van der Waals surface area contributed by atoms with Gasteiger partial charge in [0, 0.05) is 10.5 Å². The van der Waals surface area contributed by atoms with Crippen LogP contribution in [0, 0.1) is 13.8 Å². The number of aryl methyl sites for hydroxylation is 2. The first kappa shape index (κ1) is 18.8. The van der Waals surface area contributed by atoms with Crippen molar-refractivity contribution >= 4 is 33.9 Å². The van der Waals surface area contributed by atoms with E-state index in [1.54, 1.807) is 28.9 Å². The third kappa shape index (κ3) is 4.62. The zero-order chi connectivity index (χ0) is 19.4. The van der Waals surface area contributed by atoms with Crippen molar-refractivity contribution in [2.24, 2.45) is 0 Å². The van der Waals surface area contributed by atoms with Crippen LogP contribution in [0.4, 0.5) is 5.82 Å². The molecule has 1 amide bonds. The van der Waals surface area contributed by atoms with Crippen molar-refractivity contribution in [3.63, 3.8) is 0 Å². The molecule has 0 radical (unpaired) electrons. The molecule has 0 aliphatic heterocycles. The van der Waals surface area contributed by atoms with Crippen molar-refractivity contribution in [3.8, 4) is 11.4 Å². The second-order valence-electron chi connectivity index (χ2n) is 6.06. The normalized spacial score (nSPS) is 10.5. The number of carbonyl (C=O) groups is 2. The molecule has 0 saturated carbocycles. The van der Waals surface area contributed by atoms with E-state index in [4.69, 9.17) is 4.74 Å². The first-order valence-electron chi connectivity index (χ1n) is 8.27. The number of amides is 1. The largest absolute Gasteiger partial charge is 0.483 e. The van der Waals surface area contributed by atoms with Gasteiger partial charge >= 0.3 is 0 Å². The molecule has 1 heterocycles. The average molecular weight is 428 g/mol. The van der Waals surface area contributed by atoms with Crippen molar-refractivity contribution in [2.75, 3.05) is 11.9 Å². The molecule has 2 aromatic carbocycles. The second kappa shape index (κ2) is 8.18. The summed E-state index contributed by atoms with van der Waals surface area (Å²) >= 11 is 3.29. The minimum atomic E-state index is -0.344. The van der Waals surface area contributed by atoms with Crippen LogP contribution in [0.25, 0.3) is 5.69 Å². The molecule has 7 heteroatoms. The molecule has 0 bridgehead atoms. The summed E-state index contributed by atoms with van der Waals surface area (Å²) in [5.74, 6) is 0.561. The number of aromatic nitrogens is 2.